The van der Waals surface area contributed by atoms with Gasteiger partial charge in [0.2, 0.25) is 0 Å². The summed E-state index contributed by atoms with van der Waals surface area (Å²) in [5.74, 6) is 0. The molecule has 0 N–H and O–H groups in total. The molecule has 0 aliphatic rings. The fourth-order valence-electron chi connectivity index (χ4n) is 7.78. The number of para-hydroxylation sites is 4. The number of hydrogen-bond acceptors (Lipinski definition) is 0. The van der Waals surface area contributed by atoms with Gasteiger partial charge in [-0.15, -0.1) is 0 Å². The Hall–Kier alpha value is -6.90. The summed E-state index contributed by atoms with van der Waals surface area (Å²) in [6.45, 7) is 0. The molecule has 244 valence electrons. The van der Waals surface area contributed by atoms with E-state index in [1.807, 2.05) is 0 Å². The van der Waals surface area contributed by atoms with Gasteiger partial charge in [0.25, 0.3) is 0 Å². The summed E-state index contributed by atoms with van der Waals surface area (Å²) in [4.78, 5) is 0. The summed E-state index contributed by atoms with van der Waals surface area (Å²) in [7, 11) is 0. The van der Waals surface area contributed by atoms with Crippen molar-refractivity contribution in [2.45, 2.75) is 0 Å². The highest BCUT2D eigenvalue weighted by molar-refractivity contribution is 6.11. The van der Waals surface area contributed by atoms with Crippen LogP contribution in [0, 0.1) is 0 Å². The lowest BCUT2D eigenvalue weighted by Crippen LogP contribution is -1.93. The minimum Gasteiger partial charge on any atom is -0.309 e. The highest BCUT2D eigenvalue weighted by atomic mass is 15.0. The van der Waals surface area contributed by atoms with Gasteiger partial charge < -0.3 is 9.13 Å². The Labute approximate surface area is 302 Å². The van der Waals surface area contributed by atoms with Crippen molar-refractivity contribution in [1.29, 1.82) is 0 Å². The summed E-state index contributed by atoms with van der Waals surface area (Å²) in [5.41, 5.74) is 14.4. The minimum atomic E-state index is 1.17. The average molecular weight is 663 g/mol. The highest BCUT2D eigenvalue weighted by Gasteiger charge is 2.14. The second kappa shape index (κ2) is 12.5. The average Bonchev–Trinajstić information content (AvgIpc) is 3.74. The van der Waals surface area contributed by atoms with Gasteiger partial charge in [0.05, 0.1) is 22.1 Å². The molecule has 2 nitrogen and oxygen atoms in total. The maximum absolute atomic E-state index is 2.36. The maximum Gasteiger partial charge on any atom is 0.0541 e. The molecule has 0 aliphatic carbocycles. The SMILES string of the molecule is C(=C\c1ccc(-c2ccc3c(c2)c2ccccc2n3-c2ccccc2)cc1)/c1ccc(-c2ccc(-n3c4ccccc4c4ccccc43)cc2)cc1. The normalized spacial score (nSPS) is 11.8. The molecule has 0 aliphatic heterocycles. The van der Waals surface area contributed by atoms with Crippen molar-refractivity contribution in [1.82, 2.24) is 9.13 Å². The first kappa shape index (κ1) is 30.0. The molecule has 0 atom stereocenters. The molecule has 8 aromatic carbocycles. The van der Waals surface area contributed by atoms with Crippen molar-refractivity contribution in [2.24, 2.45) is 0 Å². The molecular formula is C50H34N2. The molecule has 0 radical (unpaired) electrons. The van der Waals surface area contributed by atoms with Crippen molar-refractivity contribution < 1.29 is 0 Å². The summed E-state index contributed by atoms with van der Waals surface area (Å²) in [6, 6.07) is 70.0. The molecule has 2 heterocycles. The van der Waals surface area contributed by atoms with Crippen LogP contribution < -0.4 is 0 Å². The molecule has 2 aromatic heterocycles. The number of benzene rings is 8. The molecule has 2 heteroatoms. The summed E-state index contributed by atoms with van der Waals surface area (Å²) >= 11 is 0. The predicted octanol–water partition coefficient (Wildman–Crippen LogP) is 13.4. The molecular weight excluding hydrogens is 629 g/mol. The topological polar surface area (TPSA) is 9.86 Å². The molecule has 0 unspecified atom stereocenters. The molecule has 0 saturated heterocycles. The van der Waals surface area contributed by atoms with Gasteiger partial charge in [-0.2, -0.15) is 0 Å². The number of nitrogens with zero attached hydrogens (tertiary/aromatic N) is 2. The molecule has 10 rings (SSSR count). The Morgan fingerprint density at radius 3 is 1.15 bits per heavy atom. The van der Waals surface area contributed by atoms with Gasteiger partial charge in [-0.25, -0.2) is 0 Å². The summed E-state index contributed by atoms with van der Waals surface area (Å²) in [5, 5.41) is 5.10. The summed E-state index contributed by atoms with van der Waals surface area (Å²) < 4.78 is 4.72. The molecule has 0 spiro atoms. The predicted molar refractivity (Wildman–Crippen MR) is 221 cm³/mol. The van der Waals surface area contributed by atoms with Gasteiger partial charge in [0, 0.05) is 32.9 Å². The Morgan fingerprint density at radius 1 is 0.269 bits per heavy atom. The Balaban J connectivity index is 0.874. The maximum atomic E-state index is 2.36. The largest absolute Gasteiger partial charge is 0.309 e. The van der Waals surface area contributed by atoms with E-state index in [9.17, 15) is 0 Å². The molecule has 0 bridgehead atoms. The van der Waals surface area contributed by atoms with Gasteiger partial charge in [-0.3, -0.25) is 0 Å². The van der Waals surface area contributed by atoms with Crippen molar-refractivity contribution in [3.63, 3.8) is 0 Å². The monoisotopic (exact) mass is 662 g/mol. The van der Waals surface area contributed by atoms with E-state index < -0.39 is 0 Å². The van der Waals surface area contributed by atoms with E-state index >= 15 is 0 Å². The zero-order valence-electron chi connectivity index (χ0n) is 28.5. The van der Waals surface area contributed by atoms with E-state index in [1.54, 1.807) is 0 Å². The third-order valence-electron chi connectivity index (χ3n) is 10.3. The first-order chi connectivity index (χ1) is 25.8. The lowest BCUT2D eigenvalue weighted by molar-refractivity contribution is 1.18. The zero-order chi connectivity index (χ0) is 34.4. The van der Waals surface area contributed by atoms with E-state index in [2.05, 4.69) is 215 Å². The molecule has 0 amide bonds. The number of hydrogen-bond donors (Lipinski definition) is 0. The second-order valence-corrected chi connectivity index (χ2v) is 13.4. The van der Waals surface area contributed by atoms with Crippen molar-refractivity contribution in [2.75, 3.05) is 0 Å². The van der Waals surface area contributed by atoms with Gasteiger partial charge in [-0.05, 0) is 88.0 Å². The van der Waals surface area contributed by atoms with Crippen LogP contribution in [0.15, 0.2) is 194 Å². The molecule has 0 fully saturated rings. The van der Waals surface area contributed by atoms with E-state index in [0.29, 0.717) is 0 Å². The fraction of sp³-hybridized carbons (Fsp3) is 0. The van der Waals surface area contributed by atoms with Crippen LogP contribution in [-0.4, -0.2) is 9.13 Å². The van der Waals surface area contributed by atoms with Crippen LogP contribution >= 0.6 is 0 Å². The minimum absolute atomic E-state index is 1.17. The Bertz CT molecular complexity index is 2850. The fourth-order valence-corrected chi connectivity index (χ4v) is 7.78. The van der Waals surface area contributed by atoms with E-state index in [-0.39, 0.29) is 0 Å². The third kappa shape index (κ3) is 5.12. The van der Waals surface area contributed by atoms with Gasteiger partial charge in [0.1, 0.15) is 0 Å². The lowest BCUT2D eigenvalue weighted by atomic mass is 10.0. The van der Waals surface area contributed by atoms with Crippen molar-refractivity contribution >= 4 is 55.8 Å². The quantitative estimate of drug-likeness (QED) is 0.157. The van der Waals surface area contributed by atoms with Crippen LogP contribution in [-0.2, 0) is 0 Å². The van der Waals surface area contributed by atoms with E-state index in [0.717, 1.165) is 0 Å². The van der Waals surface area contributed by atoms with Gasteiger partial charge in [-0.1, -0.05) is 152 Å². The first-order valence-electron chi connectivity index (χ1n) is 17.8. The van der Waals surface area contributed by atoms with Crippen LogP contribution in [0.25, 0.3) is 89.4 Å². The van der Waals surface area contributed by atoms with Crippen LogP contribution in [0.2, 0.25) is 0 Å². The third-order valence-corrected chi connectivity index (χ3v) is 10.3. The second-order valence-electron chi connectivity index (χ2n) is 13.4. The Morgan fingerprint density at radius 2 is 0.635 bits per heavy atom. The van der Waals surface area contributed by atoms with Gasteiger partial charge in [0.15, 0.2) is 0 Å². The smallest absolute Gasteiger partial charge is 0.0541 e. The van der Waals surface area contributed by atoms with Gasteiger partial charge >= 0.3 is 0 Å². The number of aromatic nitrogens is 2. The van der Waals surface area contributed by atoms with Crippen LogP contribution in [0.3, 0.4) is 0 Å². The first-order valence-corrected chi connectivity index (χ1v) is 17.8. The number of rotatable bonds is 6. The van der Waals surface area contributed by atoms with E-state index in [4.69, 9.17) is 0 Å². The summed E-state index contributed by atoms with van der Waals surface area (Å²) in [6.07, 6.45) is 4.38. The Kier molecular flexibility index (Phi) is 7.18. The highest BCUT2D eigenvalue weighted by Crippen LogP contribution is 2.36. The molecule has 52 heavy (non-hydrogen) atoms. The molecule has 0 saturated carbocycles. The zero-order valence-corrected chi connectivity index (χ0v) is 28.5. The van der Waals surface area contributed by atoms with Crippen LogP contribution in [0.1, 0.15) is 11.1 Å². The van der Waals surface area contributed by atoms with Crippen LogP contribution in [0.4, 0.5) is 0 Å². The van der Waals surface area contributed by atoms with Crippen LogP contribution in [0.5, 0.6) is 0 Å². The number of fused-ring (bicyclic) bond motifs is 6. The lowest BCUT2D eigenvalue weighted by Gasteiger charge is -2.09. The van der Waals surface area contributed by atoms with Crippen molar-refractivity contribution in [3.8, 4) is 33.6 Å². The van der Waals surface area contributed by atoms with E-state index in [1.165, 1.54) is 88.4 Å². The molecule has 10 aromatic rings. The van der Waals surface area contributed by atoms with Crippen molar-refractivity contribution in [3.05, 3.63) is 205 Å². The standard InChI is InChI=1S/C50H34N2/c1-2-10-41(11-3-1)51-49-17-9-6-14-45(49)46-34-40(30-33-50(46)51)39-26-22-36(23-27-39)19-18-35-20-24-37(25-21-35)38-28-31-42(32-29-38)52-47-15-7-4-12-43(47)44-13-5-8-16-48(44)52/h1-34H/b19-18+.